The minimum Gasteiger partial charge on any atom is -0.387 e. The van der Waals surface area contributed by atoms with Crippen LogP contribution in [0.2, 0.25) is 5.02 Å². The minimum absolute atomic E-state index is 0.103. The van der Waals surface area contributed by atoms with Crippen molar-refractivity contribution >= 4 is 23.1 Å². The highest BCUT2D eigenvalue weighted by Gasteiger charge is 2.17. The van der Waals surface area contributed by atoms with Crippen LogP contribution in [0.5, 0.6) is 0 Å². The SMILES string of the molecule is CC(C)(C)C(N)=Nc1c(F)cccc1Cl. The lowest BCUT2D eigenvalue weighted by Gasteiger charge is -2.17. The summed E-state index contributed by atoms with van der Waals surface area (Å²) < 4.78 is 13.4. The summed E-state index contributed by atoms with van der Waals surface area (Å²) in [6.45, 7) is 5.71. The van der Waals surface area contributed by atoms with Gasteiger partial charge in [-0.05, 0) is 12.1 Å². The van der Waals surface area contributed by atoms with Crippen molar-refractivity contribution in [3.05, 3.63) is 29.0 Å². The van der Waals surface area contributed by atoms with Crippen LogP contribution in [-0.2, 0) is 0 Å². The number of para-hydroxylation sites is 1. The smallest absolute Gasteiger partial charge is 0.150 e. The van der Waals surface area contributed by atoms with Gasteiger partial charge in [0.15, 0.2) is 0 Å². The van der Waals surface area contributed by atoms with Crippen molar-refractivity contribution in [2.24, 2.45) is 16.1 Å². The molecule has 0 aliphatic rings. The summed E-state index contributed by atoms with van der Waals surface area (Å²) in [4.78, 5) is 4.02. The summed E-state index contributed by atoms with van der Waals surface area (Å²) >= 11 is 5.82. The summed E-state index contributed by atoms with van der Waals surface area (Å²) in [6, 6.07) is 4.42. The van der Waals surface area contributed by atoms with E-state index in [2.05, 4.69) is 4.99 Å². The molecule has 0 aromatic heterocycles. The standard InChI is InChI=1S/C11H14ClFN2/c1-11(2,3)10(14)15-9-7(12)5-4-6-8(9)13/h4-6H,1-3H3,(H2,14,15). The molecule has 1 rings (SSSR count). The maximum atomic E-state index is 13.4. The quantitative estimate of drug-likeness (QED) is 0.580. The summed E-state index contributed by atoms with van der Waals surface area (Å²) in [5, 5.41) is 0.266. The van der Waals surface area contributed by atoms with Crippen LogP contribution in [0.3, 0.4) is 0 Å². The topological polar surface area (TPSA) is 38.4 Å². The van der Waals surface area contributed by atoms with Gasteiger partial charge in [0.2, 0.25) is 0 Å². The third-order valence-electron chi connectivity index (χ3n) is 1.94. The van der Waals surface area contributed by atoms with Gasteiger partial charge in [-0.1, -0.05) is 38.4 Å². The van der Waals surface area contributed by atoms with Crippen molar-refractivity contribution in [2.45, 2.75) is 20.8 Å². The fraction of sp³-hybridized carbons (Fsp3) is 0.364. The van der Waals surface area contributed by atoms with Gasteiger partial charge in [0, 0.05) is 5.41 Å². The van der Waals surface area contributed by atoms with Crippen LogP contribution in [0.4, 0.5) is 10.1 Å². The molecule has 0 aliphatic heterocycles. The van der Waals surface area contributed by atoms with Gasteiger partial charge in [0.05, 0.1) is 5.02 Å². The van der Waals surface area contributed by atoms with E-state index in [9.17, 15) is 4.39 Å². The van der Waals surface area contributed by atoms with Gasteiger partial charge in [-0.15, -0.1) is 0 Å². The lowest BCUT2D eigenvalue weighted by molar-refractivity contribution is 0.583. The molecule has 0 saturated heterocycles. The minimum atomic E-state index is -0.463. The van der Waals surface area contributed by atoms with E-state index < -0.39 is 5.82 Å². The molecule has 2 N–H and O–H groups in total. The van der Waals surface area contributed by atoms with Crippen LogP contribution in [0.1, 0.15) is 20.8 Å². The highest BCUT2D eigenvalue weighted by atomic mass is 35.5. The number of amidine groups is 1. The molecule has 0 saturated carbocycles. The number of benzene rings is 1. The second kappa shape index (κ2) is 4.19. The molecule has 4 heteroatoms. The predicted molar refractivity (Wildman–Crippen MR) is 62.1 cm³/mol. The van der Waals surface area contributed by atoms with E-state index in [-0.39, 0.29) is 16.1 Å². The van der Waals surface area contributed by atoms with Gasteiger partial charge in [-0.2, -0.15) is 0 Å². The summed E-state index contributed by atoms with van der Waals surface area (Å²) in [6.07, 6.45) is 0. The lowest BCUT2D eigenvalue weighted by Crippen LogP contribution is -2.28. The monoisotopic (exact) mass is 228 g/mol. The molecule has 0 atom stereocenters. The van der Waals surface area contributed by atoms with Crippen LogP contribution in [0.15, 0.2) is 23.2 Å². The van der Waals surface area contributed by atoms with Gasteiger partial charge in [0.1, 0.15) is 17.3 Å². The molecule has 15 heavy (non-hydrogen) atoms. The first-order chi connectivity index (χ1) is 6.82. The molecule has 1 aromatic carbocycles. The highest BCUT2D eigenvalue weighted by Crippen LogP contribution is 2.29. The molecule has 0 heterocycles. The molecule has 0 radical (unpaired) electrons. The van der Waals surface area contributed by atoms with Gasteiger partial charge >= 0.3 is 0 Å². The number of nitrogens with two attached hydrogens (primary N) is 1. The van der Waals surface area contributed by atoms with E-state index in [4.69, 9.17) is 17.3 Å². The Morgan fingerprint density at radius 3 is 2.47 bits per heavy atom. The van der Waals surface area contributed by atoms with Crippen molar-refractivity contribution in [2.75, 3.05) is 0 Å². The van der Waals surface area contributed by atoms with Crippen molar-refractivity contribution in [1.82, 2.24) is 0 Å². The first-order valence-electron chi connectivity index (χ1n) is 4.61. The molecular formula is C11H14ClFN2. The lowest BCUT2D eigenvalue weighted by atomic mass is 9.95. The van der Waals surface area contributed by atoms with E-state index in [1.54, 1.807) is 6.07 Å². The van der Waals surface area contributed by atoms with Crippen LogP contribution in [0.25, 0.3) is 0 Å². The molecular weight excluding hydrogens is 215 g/mol. The Labute approximate surface area is 94.0 Å². The van der Waals surface area contributed by atoms with Crippen LogP contribution >= 0.6 is 11.6 Å². The Balaban J connectivity index is 3.19. The van der Waals surface area contributed by atoms with Crippen LogP contribution in [-0.4, -0.2) is 5.84 Å². The summed E-state index contributed by atoms with van der Waals surface area (Å²) in [7, 11) is 0. The first kappa shape index (κ1) is 12.0. The Morgan fingerprint density at radius 1 is 1.40 bits per heavy atom. The first-order valence-corrected chi connectivity index (χ1v) is 4.99. The molecule has 0 bridgehead atoms. The third kappa shape index (κ3) is 2.93. The van der Waals surface area contributed by atoms with E-state index in [1.807, 2.05) is 20.8 Å². The Hall–Kier alpha value is -1.09. The number of nitrogens with zero attached hydrogens (tertiary/aromatic N) is 1. The van der Waals surface area contributed by atoms with Crippen molar-refractivity contribution < 1.29 is 4.39 Å². The average Bonchev–Trinajstić information content (AvgIpc) is 2.09. The normalized spacial score (nSPS) is 13.0. The van der Waals surface area contributed by atoms with E-state index in [1.165, 1.54) is 12.1 Å². The fourth-order valence-electron chi connectivity index (χ4n) is 0.884. The maximum absolute atomic E-state index is 13.4. The zero-order valence-corrected chi connectivity index (χ0v) is 9.77. The Bertz CT molecular complexity index is 374. The van der Waals surface area contributed by atoms with Gasteiger partial charge in [-0.25, -0.2) is 9.38 Å². The Kier molecular flexibility index (Phi) is 3.35. The zero-order chi connectivity index (χ0) is 11.6. The maximum Gasteiger partial charge on any atom is 0.150 e. The van der Waals surface area contributed by atoms with Crippen molar-refractivity contribution in [3.63, 3.8) is 0 Å². The van der Waals surface area contributed by atoms with E-state index in [0.717, 1.165) is 0 Å². The molecule has 0 unspecified atom stereocenters. The number of rotatable bonds is 1. The largest absolute Gasteiger partial charge is 0.387 e. The van der Waals surface area contributed by atoms with Gasteiger partial charge < -0.3 is 5.73 Å². The van der Waals surface area contributed by atoms with Gasteiger partial charge in [0.25, 0.3) is 0 Å². The third-order valence-corrected chi connectivity index (χ3v) is 2.24. The molecule has 1 aromatic rings. The number of hydrogen-bond donors (Lipinski definition) is 1. The second-order valence-electron chi connectivity index (χ2n) is 4.32. The molecule has 0 spiro atoms. The van der Waals surface area contributed by atoms with Crippen LogP contribution in [0, 0.1) is 11.2 Å². The zero-order valence-electron chi connectivity index (χ0n) is 9.01. The summed E-state index contributed by atoms with van der Waals surface area (Å²) in [5.74, 6) is -0.107. The molecule has 0 aliphatic carbocycles. The number of aliphatic imine (C=N–C) groups is 1. The number of hydrogen-bond acceptors (Lipinski definition) is 1. The van der Waals surface area contributed by atoms with E-state index in [0.29, 0.717) is 5.84 Å². The second-order valence-corrected chi connectivity index (χ2v) is 4.72. The fourth-order valence-corrected chi connectivity index (χ4v) is 1.09. The molecule has 2 nitrogen and oxygen atoms in total. The molecule has 0 amide bonds. The predicted octanol–water partition coefficient (Wildman–Crippen LogP) is 3.51. The molecule has 0 fully saturated rings. The molecule has 82 valence electrons. The average molecular weight is 229 g/mol. The highest BCUT2D eigenvalue weighted by molar-refractivity contribution is 6.33. The van der Waals surface area contributed by atoms with Gasteiger partial charge in [-0.3, -0.25) is 0 Å². The summed E-state index contributed by atoms with van der Waals surface area (Å²) in [5.41, 5.74) is 5.55. The Morgan fingerprint density at radius 2 is 2.00 bits per heavy atom. The number of halogens is 2. The van der Waals surface area contributed by atoms with E-state index >= 15 is 0 Å². The van der Waals surface area contributed by atoms with Crippen LogP contribution < -0.4 is 5.73 Å². The van der Waals surface area contributed by atoms with Crippen molar-refractivity contribution in [3.8, 4) is 0 Å². The van der Waals surface area contributed by atoms with Crippen molar-refractivity contribution in [1.29, 1.82) is 0 Å².